The van der Waals surface area contributed by atoms with Crippen LogP contribution < -0.4 is 14.7 Å². The van der Waals surface area contributed by atoms with E-state index < -0.39 is 8.07 Å². The Morgan fingerprint density at radius 1 is 1.00 bits per heavy atom. The second-order valence-corrected chi connectivity index (χ2v) is 15.7. The Hall–Kier alpha value is -3.13. The zero-order valence-electron chi connectivity index (χ0n) is 23.7. The number of benzene rings is 3. The molecule has 1 aliphatic heterocycles. The van der Waals surface area contributed by atoms with Crippen molar-refractivity contribution in [1.82, 2.24) is 4.90 Å². The summed E-state index contributed by atoms with van der Waals surface area (Å²) in [6.07, 6.45) is -0.0209. The fourth-order valence-corrected chi connectivity index (χ4v) is 9.20. The minimum Gasteiger partial charge on any atom is -0.497 e. The van der Waals surface area contributed by atoms with Crippen LogP contribution in [0.25, 0.3) is 0 Å². The Bertz CT molecular complexity index is 1220. The fraction of sp³-hybridized carbons (Fsp3) is 0.406. The minimum absolute atomic E-state index is 0.0237. The van der Waals surface area contributed by atoms with Crippen LogP contribution in [-0.4, -0.2) is 57.5 Å². The van der Waals surface area contributed by atoms with Crippen LogP contribution in [0.1, 0.15) is 30.6 Å². The van der Waals surface area contributed by atoms with Crippen LogP contribution in [0, 0.1) is 5.92 Å². The van der Waals surface area contributed by atoms with Crippen molar-refractivity contribution in [3.63, 3.8) is 0 Å². The van der Waals surface area contributed by atoms with E-state index >= 15 is 0 Å². The van der Waals surface area contributed by atoms with E-state index in [-0.39, 0.29) is 42.7 Å². The average molecular weight is 548 g/mol. The molecular formula is C32H41NO5Si. The van der Waals surface area contributed by atoms with Gasteiger partial charge in [-0.2, -0.15) is 0 Å². The van der Waals surface area contributed by atoms with Crippen LogP contribution in [0.4, 0.5) is 0 Å². The molecule has 39 heavy (non-hydrogen) atoms. The average Bonchev–Trinajstić information content (AvgIpc) is 2.96. The highest BCUT2D eigenvalue weighted by atomic mass is 28.3. The maximum Gasteiger partial charge on any atom is 0.223 e. The molecule has 0 saturated carbocycles. The maximum absolute atomic E-state index is 14.0. The van der Waals surface area contributed by atoms with Gasteiger partial charge in [0.2, 0.25) is 5.91 Å². The van der Waals surface area contributed by atoms with Crippen LogP contribution in [0.3, 0.4) is 0 Å². The van der Waals surface area contributed by atoms with Crippen LogP contribution in [-0.2, 0) is 16.1 Å². The van der Waals surface area contributed by atoms with E-state index in [4.69, 9.17) is 14.2 Å². The molecular weight excluding hydrogens is 506 g/mol. The third-order valence-electron chi connectivity index (χ3n) is 8.23. The first-order valence-corrected chi connectivity index (χ1v) is 16.7. The highest BCUT2D eigenvalue weighted by Gasteiger charge is 2.48. The molecule has 0 bridgehead atoms. The van der Waals surface area contributed by atoms with Gasteiger partial charge in [0.05, 0.1) is 27.9 Å². The molecule has 208 valence electrons. The minimum atomic E-state index is -2.31. The number of ether oxygens (including phenoxy) is 3. The summed E-state index contributed by atoms with van der Waals surface area (Å²) < 4.78 is 18.2. The molecule has 0 radical (unpaired) electrons. The van der Waals surface area contributed by atoms with Crippen LogP contribution in [0.15, 0.2) is 78.9 Å². The van der Waals surface area contributed by atoms with E-state index in [0.717, 1.165) is 22.6 Å². The molecule has 1 unspecified atom stereocenters. The van der Waals surface area contributed by atoms with Crippen molar-refractivity contribution >= 4 is 19.2 Å². The largest absolute Gasteiger partial charge is 0.497 e. The number of amides is 1. The standard InChI is InChI=1S/C32H41NO5Si/c1-23-31(37-3)27-13-9-10-14-28(27)38-32(23)29(39(4,5)26-17-15-25(36-2)16-18-26)21-30(35)33(19-20-34)22-24-11-7-6-8-12-24/h6-18,23,29,31-32,34H,19-22H2,1-5H3/t23-,29?,31-,32-/m1/s1. The predicted octanol–water partition coefficient (Wildman–Crippen LogP) is 5.18. The summed E-state index contributed by atoms with van der Waals surface area (Å²) in [5.74, 6) is 1.69. The van der Waals surface area contributed by atoms with Gasteiger partial charge in [-0.25, -0.2) is 0 Å². The van der Waals surface area contributed by atoms with Crippen LogP contribution in [0.2, 0.25) is 18.6 Å². The number of carbonyl (C=O) groups excluding carboxylic acids is 1. The summed E-state index contributed by atoms with van der Waals surface area (Å²) in [4.78, 5) is 15.8. The molecule has 6 nitrogen and oxygen atoms in total. The third kappa shape index (κ3) is 6.37. The Morgan fingerprint density at radius 2 is 1.67 bits per heavy atom. The van der Waals surface area contributed by atoms with Gasteiger partial charge in [-0.15, -0.1) is 0 Å². The number of fused-ring (bicyclic) bond motifs is 1. The van der Waals surface area contributed by atoms with Crippen molar-refractivity contribution in [2.75, 3.05) is 27.4 Å². The van der Waals surface area contributed by atoms with Crippen molar-refractivity contribution < 1.29 is 24.1 Å². The molecule has 1 aliphatic rings. The van der Waals surface area contributed by atoms with Crippen molar-refractivity contribution in [2.45, 2.75) is 50.7 Å². The van der Waals surface area contributed by atoms with Gasteiger partial charge in [-0.05, 0) is 23.8 Å². The number of hydrogen-bond acceptors (Lipinski definition) is 5. The highest BCUT2D eigenvalue weighted by Crippen LogP contribution is 2.47. The normalized spacial score (nSPS) is 19.5. The van der Waals surface area contributed by atoms with Crippen molar-refractivity contribution in [2.24, 2.45) is 5.92 Å². The highest BCUT2D eigenvalue weighted by molar-refractivity contribution is 6.91. The number of carbonyl (C=O) groups is 1. The smallest absolute Gasteiger partial charge is 0.223 e. The zero-order valence-corrected chi connectivity index (χ0v) is 24.7. The lowest BCUT2D eigenvalue weighted by atomic mass is 9.86. The number of aliphatic hydroxyl groups excluding tert-OH is 1. The predicted molar refractivity (Wildman–Crippen MR) is 157 cm³/mol. The van der Waals surface area contributed by atoms with E-state index in [1.54, 1.807) is 19.1 Å². The number of aliphatic hydroxyl groups is 1. The van der Waals surface area contributed by atoms with Crippen molar-refractivity contribution in [1.29, 1.82) is 0 Å². The Balaban J connectivity index is 1.72. The molecule has 0 fully saturated rings. The van der Waals surface area contributed by atoms with Gasteiger partial charge in [0, 0.05) is 43.6 Å². The topological polar surface area (TPSA) is 68.2 Å². The van der Waals surface area contributed by atoms with Gasteiger partial charge in [0.25, 0.3) is 0 Å². The summed E-state index contributed by atoms with van der Waals surface area (Å²) in [5, 5.41) is 11.1. The first-order chi connectivity index (χ1) is 18.8. The SMILES string of the molecule is COc1ccc([Si](C)(C)C(CC(=O)N(CCO)Cc2ccccc2)[C@@H]2Oc3ccccc3[C@H](OC)[C@H]2C)cc1. The third-order valence-corrected chi connectivity index (χ3v) is 12.4. The number of para-hydroxylation sites is 1. The molecule has 1 N–H and O–H groups in total. The van der Waals surface area contributed by atoms with Gasteiger partial charge in [-0.3, -0.25) is 4.79 Å². The van der Waals surface area contributed by atoms with E-state index in [9.17, 15) is 9.90 Å². The molecule has 4 rings (SSSR count). The molecule has 1 heterocycles. The molecule has 0 aliphatic carbocycles. The molecule has 0 aromatic heterocycles. The number of hydrogen-bond donors (Lipinski definition) is 1. The van der Waals surface area contributed by atoms with Gasteiger partial charge in [-0.1, -0.05) is 85.9 Å². The van der Waals surface area contributed by atoms with Gasteiger partial charge >= 0.3 is 0 Å². The molecule has 4 atom stereocenters. The lowest BCUT2D eigenvalue weighted by Gasteiger charge is -2.46. The Morgan fingerprint density at radius 3 is 2.31 bits per heavy atom. The fourth-order valence-electron chi connectivity index (χ4n) is 5.87. The zero-order chi connectivity index (χ0) is 28.0. The molecule has 1 amide bonds. The summed E-state index contributed by atoms with van der Waals surface area (Å²) in [6, 6.07) is 26.2. The first-order valence-electron chi connectivity index (χ1n) is 13.7. The summed E-state index contributed by atoms with van der Waals surface area (Å²) in [7, 11) is 1.11. The molecule has 7 heteroatoms. The van der Waals surface area contributed by atoms with E-state index in [2.05, 4.69) is 38.2 Å². The van der Waals surface area contributed by atoms with Gasteiger partial charge in [0.15, 0.2) is 0 Å². The van der Waals surface area contributed by atoms with E-state index in [0.29, 0.717) is 13.0 Å². The first kappa shape index (κ1) is 28.9. The van der Waals surface area contributed by atoms with Crippen molar-refractivity contribution in [3.8, 4) is 11.5 Å². The van der Waals surface area contributed by atoms with Crippen LogP contribution in [0.5, 0.6) is 11.5 Å². The lowest BCUT2D eigenvalue weighted by molar-refractivity contribution is -0.133. The van der Waals surface area contributed by atoms with Crippen molar-refractivity contribution in [3.05, 3.63) is 90.0 Å². The van der Waals surface area contributed by atoms with E-state index in [1.807, 2.05) is 60.7 Å². The quantitative estimate of drug-likeness (QED) is 0.335. The summed E-state index contributed by atoms with van der Waals surface area (Å²) in [6.45, 7) is 7.47. The number of nitrogens with zero attached hydrogens (tertiary/aromatic N) is 1. The molecule has 3 aromatic carbocycles. The molecule has 0 saturated heterocycles. The monoisotopic (exact) mass is 547 g/mol. The molecule has 0 spiro atoms. The van der Waals surface area contributed by atoms with Crippen LogP contribution >= 0.6 is 0 Å². The lowest BCUT2D eigenvalue weighted by Crippen LogP contribution is -2.55. The van der Waals surface area contributed by atoms with E-state index in [1.165, 1.54) is 5.19 Å². The maximum atomic E-state index is 14.0. The second kappa shape index (κ2) is 12.8. The summed E-state index contributed by atoms with van der Waals surface area (Å²) in [5.41, 5.74) is 2.04. The number of rotatable bonds is 11. The Kier molecular flexibility index (Phi) is 9.48. The Labute approximate surface area is 233 Å². The summed E-state index contributed by atoms with van der Waals surface area (Å²) >= 11 is 0. The molecule has 3 aromatic rings. The number of methoxy groups -OCH3 is 2. The second-order valence-electron chi connectivity index (χ2n) is 10.9. The van der Waals surface area contributed by atoms with Gasteiger partial charge < -0.3 is 24.2 Å². The van der Waals surface area contributed by atoms with Gasteiger partial charge in [0.1, 0.15) is 17.6 Å².